The van der Waals surface area contributed by atoms with Gasteiger partial charge in [0.1, 0.15) is 11.3 Å². The topological polar surface area (TPSA) is 42.2 Å². The van der Waals surface area contributed by atoms with Crippen LogP contribution < -0.4 is 5.32 Å². The highest BCUT2D eigenvalue weighted by Gasteiger charge is 2.21. The average molecular weight is 355 g/mol. The van der Waals surface area contributed by atoms with E-state index in [1.54, 1.807) is 42.5 Å². The van der Waals surface area contributed by atoms with Crippen LogP contribution in [0.3, 0.4) is 0 Å². The Balaban J connectivity index is 1.80. The minimum atomic E-state index is -1.79. The number of rotatable bonds is 6. The summed E-state index contributed by atoms with van der Waals surface area (Å²) in [6, 6.07) is 17.1. The third kappa shape index (κ3) is 3.99. The van der Waals surface area contributed by atoms with E-state index >= 15 is 0 Å². The lowest BCUT2D eigenvalue weighted by Crippen LogP contribution is -2.34. The van der Waals surface area contributed by atoms with Crippen LogP contribution in [0.15, 0.2) is 71.2 Å². The van der Waals surface area contributed by atoms with Crippen molar-refractivity contribution in [1.29, 1.82) is 0 Å². The molecule has 0 aliphatic heterocycles. The largest absolute Gasteiger partial charge is 0.456 e. The van der Waals surface area contributed by atoms with Gasteiger partial charge in [0.05, 0.1) is 5.57 Å². The maximum Gasteiger partial charge on any atom is 0.277 e. The van der Waals surface area contributed by atoms with Gasteiger partial charge in [0.2, 0.25) is 0 Å². The lowest BCUT2D eigenvalue weighted by molar-refractivity contribution is 0.0936. The van der Waals surface area contributed by atoms with Crippen LogP contribution in [0.25, 0.3) is 16.5 Å². The maximum absolute atomic E-state index is 13.6. The quantitative estimate of drug-likeness (QED) is 0.622. The van der Waals surface area contributed by atoms with E-state index in [1.165, 1.54) is 0 Å². The predicted molar refractivity (Wildman–Crippen MR) is 98.0 cm³/mol. The smallest absolute Gasteiger partial charge is 0.277 e. The fourth-order valence-corrected chi connectivity index (χ4v) is 2.80. The first-order valence-electron chi connectivity index (χ1n) is 8.47. The van der Waals surface area contributed by atoms with E-state index in [1.807, 2.05) is 25.1 Å². The highest BCUT2D eigenvalue weighted by Crippen LogP contribution is 2.31. The van der Waals surface area contributed by atoms with Gasteiger partial charge in [-0.2, -0.15) is 8.78 Å². The molecule has 5 heteroatoms. The van der Waals surface area contributed by atoms with E-state index in [9.17, 15) is 13.6 Å². The molecular weight excluding hydrogens is 336 g/mol. The van der Waals surface area contributed by atoms with E-state index in [-0.39, 0.29) is 23.7 Å². The van der Waals surface area contributed by atoms with Gasteiger partial charge in [-0.05, 0) is 30.7 Å². The van der Waals surface area contributed by atoms with Gasteiger partial charge in [-0.1, -0.05) is 43.3 Å². The van der Waals surface area contributed by atoms with Crippen molar-refractivity contribution in [1.82, 2.24) is 5.32 Å². The zero-order chi connectivity index (χ0) is 18.5. The Kier molecular flexibility index (Phi) is 5.46. The molecule has 0 bridgehead atoms. The Morgan fingerprint density at radius 3 is 2.42 bits per heavy atom. The number of carbonyl (C=O) groups excluding carboxylic acids is 1. The van der Waals surface area contributed by atoms with Gasteiger partial charge in [-0.3, -0.25) is 4.79 Å². The first-order chi connectivity index (χ1) is 12.6. The van der Waals surface area contributed by atoms with Crippen molar-refractivity contribution in [3.63, 3.8) is 0 Å². The number of carbonyl (C=O) groups is 1. The van der Waals surface area contributed by atoms with E-state index in [2.05, 4.69) is 5.32 Å². The summed E-state index contributed by atoms with van der Waals surface area (Å²) in [4.78, 5) is 12.3. The Hall–Kier alpha value is -2.95. The molecule has 1 unspecified atom stereocenters. The fraction of sp³-hybridized carbons (Fsp3) is 0.190. The van der Waals surface area contributed by atoms with Gasteiger partial charge in [0.25, 0.3) is 12.0 Å². The Labute approximate surface area is 150 Å². The molecule has 0 fully saturated rings. The minimum absolute atomic E-state index is 0.00275. The second-order valence-electron chi connectivity index (χ2n) is 6.04. The normalized spacial score (nSPS) is 12.0. The van der Waals surface area contributed by atoms with Gasteiger partial charge in [-0.25, -0.2) is 0 Å². The number of nitrogens with one attached hydrogen (secondary N) is 1. The van der Waals surface area contributed by atoms with Crippen LogP contribution in [0.1, 0.15) is 35.9 Å². The summed E-state index contributed by atoms with van der Waals surface area (Å²) in [5, 5.41) is 3.59. The molecule has 3 nitrogen and oxygen atoms in total. The molecule has 0 saturated heterocycles. The first kappa shape index (κ1) is 17.9. The summed E-state index contributed by atoms with van der Waals surface area (Å²) in [6.07, 6.45) is -1.27. The van der Waals surface area contributed by atoms with Gasteiger partial charge in [0.15, 0.2) is 0 Å². The molecule has 0 radical (unpaired) electrons. The fourth-order valence-electron chi connectivity index (χ4n) is 2.80. The lowest BCUT2D eigenvalue weighted by atomic mass is 10.0. The maximum atomic E-state index is 13.6. The highest BCUT2D eigenvalue weighted by molar-refractivity contribution is 5.94. The van der Waals surface area contributed by atoms with Crippen molar-refractivity contribution in [3.8, 4) is 0 Å². The van der Waals surface area contributed by atoms with Crippen molar-refractivity contribution in [2.75, 3.05) is 0 Å². The molecule has 0 saturated carbocycles. The lowest BCUT2D eigenvalue weighted by Gasteiger charge is -2.17. The molecule has 134 valence electrons. The standard InChI is InChI=1S/C21H19F2NO2/c1-2-16(24-21(25)14-8-4-3-5-9-14)13-17(20(22)23)19-12-15-10-6-7-11-18(15)26-19/h3-12,16H,2,13H2,1H3,(H,24,25). The van der Waals surface area contributed by atoms with E-state index in [4.69, 9.17) is 4.42 Å². The number of furan rings is 1. The number of benzene rings is 2. The van der Waals surface area contributed by atoms with Crippen molar-refractivity contribution in [2.24, 2.45) is 0 Å². The zero-order valence-corrected chi connectivity index (χ0v) is 14.3. The zero-order valence-electron chi connectivity index (χ0n) is 14.3. The summed E-state index contributed by atoms with van der Waals surface area (Å²) in [6.45, 7) is 1.85. The summed E-state index contributed by atoms with van der Waals surface area (Å²) < 4.78 is 32.7. The minimum Gasteiger partial charge on any atom is -0.456 e. The first-order valence-corrected chi connectivity index (χ1v) is 8.47. The molecule has 0 aliphatic rings. The van der Waals surface area contributed by atoms with Crippen molar-refractivity contribution < 1.29 is 18.0 Å². The molecule has 2 aromatic carbocycles. The number of hydrogen-bond acceptors (Lipinski definition) is 2. The van der Waals surface area contributed by atoms with E-state index < -0.39 is 12.1 Å². The van der Waals surface area contributed by atoms with Gasteiger partial charge >= 0.3 is 0 Å². The third-order valence-electron chi connectivity index (χ3n) is 4.27. The predicted octanol–water partition coefficient (Wildman–Crippen LogP) is 5.64. The van der Waals surface area contributed by atoms with Crippen LogP contribution in [-0.2, 0) is 0 Å². The van der Waals surface area contributed by atoms with Gasteiger partial charge in [-0.15, -0.1) is 0 Å². The van der Waals surface area contributed by atoms with Crippen LogP contribution in [-0.4, -0.2) is 11.9 Å². The summed E-state index contributed by atoms with van der Waals surface area (Å²) >= 11 is 0. The van der Waals surface area contributed by atoms with Crippen LogP contribution in [0.2, 0.25) is 0 Å². The molecular formula is C21H19F2NO2. The average Bonchev–Trinajstić information content (AvgIpc) is 3.08. The monoisotopic (exact) mass is 355 g/mol. The third-order valence-corrected chi connectivity index (χ3v) is 4.27. The molecule has 3 rings (SSSR count). The van der Waals surface area contributed by atoms with Gasteiger partial charge in [0, 0.05) is 23.4 Å². The molecule has 1 amide bonds. The van der Waals surface area contributed by atoms with E-state index in [0.29, 0.717) is 17.6 Å². The Morgan fingerprint density at radius 1 is 1.08 bits per heavy atom. The van der Waals surface area contributed by atoms with Crippen molar-refractivity contribution in [2.45, 2.75) is 25.8 Å². The van der Waals surface area contributed by atoms with E-state index in [0.717, 1.165) is 5.39 Å². The van der Waals surface area contributed by atoms with Crippen LogP contribution in [0, 0.1) is 0 Å². The molecule has 0 aliphatic carbocycles. The van der Waals surface area contributed by atoms with Crippen LogP contribution in [0.5, 0.6) is 0 Å². The van der Waals surface area contributed by atoms with Gasteiger partial charge < -0.3 is 9.73 Å². The number of amides is 1. The van der Waals surface area contributed by atoms with Crippen LogP contribution in [0.4, 0.5) is 8.78 Å². The SMILES string of the molecule is CCC(CC(=C(F)F)c1cc2ccccc2o1)NC(=O)c1ccccc1. The summed E-state index contributed by atoms with van der Waals surface area (Å²) in [5.41, 5.74) is 0.880. The number of para-hydroxylation sites is 1. The van der Waals surface area contributed by atoms with Crippen LogP contribution >= 0.6 is 0 Å². The second kappa shape index (κ2) is 7.95. The number of fused-ring (bicyclic) bond motifs is 1. The molecule has 1 heterocycles. The molecule has 1 N–H and O–H groups in total. The van der Waals surface area contributed by atoms with Crippen molar-refractivity contribution in [3.05, 3.63) is 78.1 Å². The number of halogens is 2. The summed E-state index contributed by atoms with van der Waals surface area (Å²) in [5.74, 6) is -0.140. The number of hydrogen-bond donors (Lipinski definition) is 1. The molecule has 0 spiro atoms. The molecule has 26 heavy (non-hydrogen) atoms. The Bertz CT molecular complexity index is 894. The Morgan fingerprint density at radius 2 is 1.77 bits per heavy atom. The molecule has 1 atom stereocenters. The molecule has 1 aromatic heterocycles. The second-order valence-corrected chi connectivity index (χ2v) is 6.04. The van der Waals surface area contributed by atoms with Crippen molar-refractivity contribution >= 4 is 22.4 Å². The summed E-state index contributed by atoms with van der Waals surface area (Å²) in [7, 11) is 0. The molecule has 3 aromatic rings. The highest BCUT2D eigenvalue weighted by atomic mass is 19.3.